The number of amides is 1. The highest BCUT2D eigenvalue weighted by atomic mass is 16.6. The van der Waals surface area contributed by atoms with E-state index in [1.54, 1.807) is 4.90 Å². The second kappa shape index (κ2) is 6.88. The van der Waals surface area contributed by atoms with E-state index in [0.29, 0.717) is 25.4 Å². The molecule has 1 heterocycles. The summed E-state index contributed by atoms with van der Waals surface area (Å²) in [7, 11) is 0. The summed E-state index contributed by atoms with van der Waals surface area (Å²) in [5.74, 6) is 0.565. The summed E-state index contributed by atoms with van der Waals surface area (Å²) >= 11 is 0. The molecule has 0 radical (unpaired) electrons. The van der Waals surface area contributed by atoms with E-state index in [4.69, 9.17) is 9.47 Å². The van der Waals surface area contributed by atoms with Crippen molar-refractivity contribution in [2.75, 3.05) is 13.1 Å². The van der Waals surface area contributed by atoms with Gasteiger partial charge in [-0.2, -0.15) is 0 Å². The molecular formula is C17H29NO4. The van der Waals surface area contributed by atoms with Gasteiger partial charge in [-0.15, -0.1) is 0 Å². The number of hydrogen-bond donors (Lipinski definition) is 0. The average molecular weight is 311 g/mol. The minimum atomic E-state index is -0.496. The fourth-order valence-electron chi connectivity index (χ4n) is 3.23. The normalized spacial score (nSPS) is 29.3. The Labute approximate surface area is 133 Å². The van der Waals surface area contributed by atoms with Crippen molar-refractivity contribution in [1.82, 2.24) is 4.90 Å². The number of nitrogens with zero attached hydrogens (tertiary/aromatic N) is 1. The Kier molecular flexibility index (Phi) is 5.35. The van der Waals surface area contributed by atoms with Crippen LogP contribution < -0.4 is 0 Å². The Bertz CT molecular complexity index is 415. The first kappa shape index (κ1) is 17.1. The van der Waals surface area contributed by atoms with Crippen molar-refractivity contribution in [2.45, 2.75) is 71.5 Å². The maximum atomic E-state index is 12.2. The van der Waals surface area contributed by atoms with Crippen molar-refractivity contribution in [2.24, 2.45) is 11.8 Å². The zero-order chi connectivity index (χ0) is 16.3. The van der Waals surface area contributed by atoms with E-state index in [-0.39, 0.29) is 24.1 Å². The predicted molar refractivity (Wildman–Crippen MR) is 83.4 cm³/mol. The molecule has 5 nitrogen and oxygen atoms in total. The molecule has 0 aromatic heterocycles. The van der Waals surface area contributed by atoms with Gasteiger partial charge in [0.2, 0.25) is 0 Å². The topological polar surface area (TPSA) is 55.8 Å². The number of hydrogen-bond acceptors (Lipinski definition) is 4. The van der Waals surface area contributed by atoms with Gasteiger partial charge in [0.05, 0.1) is 12.5 Å². The van der Waals surface area contributed by atoms with Gasteiger partial charge in [0.1, 0.15) is 11.7 Å². The van der Waals surface area contributed by atoms with Crippen LogP contribution in [-0.4, -0.2) is 41.8 Å². The van der Waals surface area contributed by atoms with Crippen molar-refractivity contribution >= 4 is 12.1 Å². The smallest absolute Gasteiger partial charge is 0.410 e. The number of carbonyl (C=O) groups excluding carboxylic acids is 2. The largest absolute Gasteiger partial charge is 0.460 e. The summed E-state index contributed by atoms with van der Waals surface area (Å²) in [4.78, 5) is 25.9. The average Bonchev–Trinajstić information content (AvgIpc) is 2.85. The van der Waals surface area contributed by atoms with E-state index in [9.17, 15) is 9.59 Å². The standard InChI is InChI=1S/C17H29NO4/c1-12-6-5-7-13(10-12)15(19)21-14-8-9-18(11-14)16(20)22-17(2,3)4/h12-14H,5-11H2,1-4H3/t12-,13-,14-/m0/s1. The third-order valence-electron chi connectivity index (χ3n) is 4.35. The van der Waals surface area contributed by atoms with Gasteiger partial charge in [0.25, 0.3) is 0 Å². The summed E-state index contributed by atoms with van der Waals surface area (Å²) in [6.07, 6.45) is 4.38. The Balaban J connectivity index is 1.78. The van der Waals surface area contributed by atoms with Crippen molar-refractivity contribution in [3.05, 3.63) is 0 Å². The highest BCUT2D eigenvalue weighted by Gasteiger charge is 2.34. The van der Waals surface area contributed by atoms with Crippen LogP contribution in [0.1, 0.15) is 59.8 Å². The van der Waals surface area contributed by atoms with Gasteiger partial charge in [0, 0.05) is 13.0 Å². The van der Waals surface area contributed by atoms with Crippen molar-refractivity contribution < 1.29 is 19.1 Å². The van der Waals surface area contributed by atoms with Crippen LogP contribution in [0.3, 0.4) is 0 Å². The Morgan fingerprint density at radius 2 is 1.86 bits per heavy atom. The lowest BCUT2D eigenvalue weighted by Gasteiger charge is -2.26. The lowest BCUT2D eigenvalue weighted by molar-refractivity contribution is -0.155. The van der Waals surface area contributed by atoms with Crippen LogP contribution in [0.25, 0.3) is 0 Å². The molecule has 2 rings (SSSR count). The molecule has 1 saturated heterocycles. The van der Waals surface area contributed by atoms with E-state index in [0.717, 1.165) is 19.3 Å². The molecule has 0 N–H and O–H groups in total. The summed E-state index contributed by atoms with van der Waals surface area (Å²) in [6, 6.07) is 0. The van der Waals surface area contributed by atoms with E-state index in [1.165, 1.54) is 6.42 Å². The molecule has 22 heavy (non-hydrogen) atoms. The van der Waals surface area contributed by atoms with Gasteiger partial charge in [-0.25, -0.2) is 4.79 Å². The number of likely N-dealkylation sites (tertiary alicyclic amines) is 1. The van der Waals surface area contributed by atoms with Crippen LogP contribution >= 0.6 is 0 Å². The third-order valence-corrected chi connectivity index (χ3v) is 4.35. The summed E-state index contributed by atoms with van der Waals surface area (Å²) < 4.78 is 11.0. The summed E-state index contributed by atoms with van der Waals surface area (Å²) in [5.41, 5.74) is -0.496. The molecule has 2 aliphatic rings. The third kappa shape index (κ3) is 4.89. The maximum absolute atomic E-state index is 12.2. The van der Waals surface area contributed by atoms with Gasteiger partial charge in [-0.1, -0.05) is 19.8 Å². The molecule has 1 aliphatic carbocycles. The number of carbonyl (C=O) groups is 2. The van der Waals surface area contributed by atoms with Crippen LogP contribution in [0.2, 0.25) is 0 Å². The summed E-state index contributed by atoms with van der Waals surface area (Å²) in [5, 5.41) is 0. The number of esters is 1. The molecule has 0 unspecified atom stereocenters. The van der Waals surface area contributed by atoms with Gasteiger partial charge in [-0.3, -0.25) is 4.79 Å². The molecule has 1 aliphatic heterocycles. The zero-order valence-electron chi connectivity index (χ0n) is 14.3. The first-order valence-electron chi connectivity index (χ1n) is 8.43. The lowest BCUT2D eigenvalue weighted by atomic mass is 9.82. The van der Waals surface area contributed by atoms with Gasteiger partial charge >= 0.3 is 12.1 Å². The molecule has 2 fully saturated rings. The second-order valence-electron chi connectivity index (χ2n) is 7.74. The molecular weight excluding hydrogens is 282 g/mol. The van der Waals surface area contributed by atoms with Crippen LogP contribution in [0.15, 0.2) is 0 Å². The van der Waals surface area contributed by atoms with Gasteiger partial charge in [0.15, 0.2) is 0 Å². The van der Waals surface area contributed by atoms with E-state index < -0.39 is 5.60 Å². The number of rotatable bonds is 2. The molecule has 0 bridgehead atoms. The molecule has 1 amide bonds. The molecule has 1 saturated carbocycles. The first-order valence-corrected chi connectivity index (χ1v) is 8.43. The van der Waals surface area contributed by atoms with Crippen molar-refractivity contribution in [3.8, 4) is 0 Å². The maximum Gasteiger partial charge on any atom is 0.410 e. The quantitative estimate of drug-likeness (QED) is 0.734. The Morgan fingerprint density at radius 3 is 2.50 bits per heavy atom. The minimum absolute atomic E-state index is 0.0410. The van der Waals surface area contributed by atoms with E-state index in [1.807, 2.05) is 20.8 Å². The molecule has 126 valence electrons. The van der Waals surface area contributed by atoms with Gasteiger partial charge < -0.3 is 14.4 Å². The SMILES string of the molecule is C[C@H]1CCC[C@H](C(=O)O[C@H]2CCN(C(=O)OC(C)(C)C)C2)C1. The molecule has 0 aromatic carbocycles. The fourth-order valence-corrected chi connectivity index (χ4v) is 3.23. The second-order valence-corrected chi connectivity index (χ2v) is 7.74. The van der Waals surface area contributed by atoms with Gasteiger partial charge in [-0.05, 0) is 39.5 Å². The lowest BCUT2D eigenvalue weighted by Crippen LogP contribution is -2.36. The molecule has 0 spiro atoms. The Morgan fingerprint density at radius 1 is 1.14 bits per heavy atom. The molecule has 5 heteroatoms. The monoisotopic (exact) mass is 311 g/mol. The highest BCUT2D eigenvalue weighted by molar-refractivity contribution is 5.73. The van der Waals surface area contributed by atoms with Crippen LogP contribution in [0.4, 0.5) is 4.79 Å². The minimum Gasteiger partial charge on any atom is -0.460 e. The summed E-state index contributed by atoms with van der Waals surface area (Å²) in [6.45, 7) is 8.78. The highest BCUT2D eigenvalue weighted by Crippen LogP contribution is 2.30. The predicted octanol–water partition coefficient (Wildman–Crippen LogP) is 3.37. The van der Waals surface area contributed by atoms with Crippen LogP contribution in [-0.2, 0) is 14.3 Å². The zero-order valence-corrected chi connectivity index (χ0v) is 14.3. The van der Waals surface area contributed by atoms with E-state index in [2.05, 4.69) is 6.92 Å². The van der Waals surface area contributed by atoms with Crippen LogP contribution in [0.5, 0.6) is 0 Å². The molecule has 0 aromatic rings. The Hall–Kier alpha value is -1.26. The van der Waals surface area contributed by atoms with Crippen molar-refractivity contribution in [3.63, 3.8) is 0 Å². The fraction of sp³-hybridized carbons (Fsp3) is 0.882. The molecule has 3 atom stereocenters. The number of ether oxygens (including phenoxy) is 2. The first-order chi connectivity index (χ1) is 10.2. The van der Waals surface area contributed by atoms with Crippen molar-refractivity contribution in [1.29, 1.82) is 0 Å². The van der Waals surface area contributed by atoms with E-state index >= 15 is 0 Å². The van der Waals surface area contributed by atoms with Crippen LogP contribution in [0, 0.1) is 11.8 Å².